The zero-order chi connectivity index (χ0) is 17.6. The molecule has 3 aromatic rings. The van der Waals surface area contributed by atoms with Crippen LogP contribution in [0.2, 0.25) is 0 Å². The lowest BCUT2D eigenvalue weighted by Crippen LogP contribution is -2.22. The van der Waals surface area contributed by atoms with Crippen molar-refractivity contribution in [1.29, 1.82) is 0 Å². The van der Waals surface area contributed by atoms with Gasteiger partial charge in [0.2, 0.25) is 5.01 Å². The molecule has 6 nitrogen and oxygen atoms in total. The molecule has 2 N–H and O–H groups in total. The molecular weight excluding hydrogens is 343 g/mol. The van der Waals surface area contributed by atoms with Crippen LogP contribution in [0.5, 0.6) is 0 Å². The maximum Gasteiger partial charge on any atom is 0.286 e. The summed E-state index contributed by atoms with van der Waals surface area (Å²) in [6, 6.07) is 14.2. The molecule has 0 unspecified atom stereocenters. The second-order valence-electron chi connectivity index (χ2n) is 5.01. The van der Waals surface area contributed by atoms with Crippen molar-refractivity contribution in [3.8, 4) is 0 Å². The van der Waals surface area contributed by atoms with Crippen molar-refractivity contribution in [2.45, 2.75) is 6.54 Å². The number of amides is 2. The van der Waals surface area contributed by atoms with E-state index in [9.17, 15) is 14.0 Å². The average molecular weight is 356 g/mol. The molecule has 0 aliphatic carbocycles. The van der Waals surface area contributed by atoms with Crippen LogP contribution in [0.3, 0.4) is 0 Å². The molecule has 1 aromatic heterocycles. The topological polar surface area (TPSA) is 84.0 Å². The van der Waals surface area contributed by atoms with E-state index in [2.05, 4.69) is 20.8 Å². The number of hydrogen-bond donors (Lipinski definition) is 2. The minimum absolute atomic E-state index is 0.131. The quantitative estimate of drug-likeness (QED) is 0.736. The molecule has 0 bridgehead atoms. The number of carbonyl (C=O) groups is 2. The largest absolute Gasteiger partial charge is 0.345 e. The van der Waals surface area contributed by atoms with Crippen molar-refractivity contribution >= 4 is 28.8 Å². The fraction of sp³-hybridized carbons (Fsp3) is 0.0588. The van der Waals surface area contributed by atoms with Gasteiger partial charge in [0.05, 0.1) is 6.54 Å². The predicted octanol–water partition coefficient (Wildman–Crippen LogP) is 2.86. The number of hydrogen-bond acceptors (Lipinski definition) is 5. The molecule has 0 aliphatic heterocycles. The van der Waals surface area contributed by atoms with E-state index < -0.39 is 5.82 Å². The van der Waals surface area contributed by atoms with Crippen LogP contribution in [0.15, 0.2) is 54.6 Å². The summed E-state index contributed by atoms with van der Waals surface area (Å²) in [7, 11) is 0. The normalized spacial score (nSPS) is 10.3. The van der Waals surface area contributed by atoms with Gasteiger partial charge in [-0.1, -0.05) is 29.5 Å². The number of halogens is 1. The molecule has 1 heterocycles. The predicted molar refractivity (Wildman–Crippen MR) is 91.9 cm³/mol. The summed E-state index contributed by atoms with van der Waals surface area (Å²) >= 11 is 1.09. The molecule has 3 rings (SSSR count). The first kappa shape index (κ1) is 16.7. The van der Waals surface area contributed by atoms with Crippen LogP contribution in [0, 0.1) is 5.82 Å². The minimum Gasteiger partial charge on any atom is -0.345 e. The summed E-state index contributed by atoms with van der Waals surface area (Å²) in [4.78, 5) is 24.0. The molecule has 0 saturated carbocycles. The zero-order valence-corrected chi connectivity index (χ0v) is 13.7. The van der Waals surface area contributed by atoms with Crippen molar-refractivity contribution in [2.24, 2.45) is 0 Å². The monoisotopic (exact) mass is 356 g/mol. The summed E-state index contributed by atoms with van der Waals surface area (Å²) in [6.07, 6.45) is 0. The summed E-state index contributed by atoms with van der Waals surface area (Å²) in [5.41, 5.74) is 1.00. The highest BCUT2D eigenvalue weighted by Crippen LogP contribution is 2.13. The van der Waals surface area contributed by atoms with Gasteiger partial charge >= 0.3 is 0 Å². The highest BCUT2D eigenvalue weighted by atomic mass is 32.1. The lowest BCUT2D eigenvalue weighted by molar-refractivity contribution is 0.0949. The van der Waals surface area contributed by atoms with Crippen LogP contribution >= 0.6 is 11.3 Å². The van der Waals surface area contributed by atoms with Crippen molar-refractivity contribution in [3.63, 3.8) is 0 Å². The SMILES string of the molecule is O=C(NCc1nnc(C(=O)Nc2ccccc2)s1)c1ccc(F)cc1. The van der Waals surface area contributed by atoms with Gasteiger partial charge < -0.3 is 10.6 Å². The van der Waals surface area contributed by atoms with Crippen molar-refractivity contribution in [1.82, 2.24) is 15.5 Å². The second-order valence-corrected chi connectivity index (χ2v) is 6.07. The first-order valence-corrected chi connectivity index (χ1v) is 8.16. The van der Waals surface area contributed by atoms with Crippen LogP contribution in [-0.2, 0) is 6.54 Å². The maximum atomic E-state index is 12.8. The maximum absolute atomic E-state index is 12.8. The Morgan fingerprint density at radius 1 is 0.960 bits per heavy atom. The number of carbonyl (C=O) groups excluding carboxylic acids is 2. The zero-order valence-electron chi connectivity index (χ0n) is 12.9. The Morgan fingerprint density at radius 2 is 1.68 bits per heavy atom. The molecule has 0 saturated heterocycles. The first-order valence-electron chi connectivity index (χ1n) is 7.34. The number of benzene rings is 2. The first-order chi connectivity index (χ1) is 12.1. The lowest BCUT2D eigenvalue weighted by Gasteiger charge is -2.02. The average Bonchev–Trinajstić information content (AvgIpc) is 3.10. The Morgan fingerprint density at radius 3 is 2.40 bits per heavy atom. The van der Waals surface area contributed by atoms with E-state index in [1.165, 1.54) is 24.3 Å². The Bertz CT molecular complexity index is 881. The van der Waals surface area contributed by atoms with E-state index in [-0.39, 0.29) is 23.4 Å². The lowest BCUT2D eigenvalue weighted by atomic mass is 10.2. The Hall–Kier alpha value is -3.13. The van der Waals surface area contributed by atoms with E-state index in [0.717, 1.165) is 11.3 Å². The third kappa shape index (κ3) is 4.45. The Kier molecular flexibility index (Phi) is 5.10. The summed E-state index contributed by atoms with van der Waals surface area (Å²) in [6.45, 7) is 0.131. The summed E-state index contributed by atoms with van der Waals surface area (Å²) < 4.78 is 12.8. The standard InChI is InChI=1S/C17H13FN4O2S/c18-12-8-6-11(7-9-12)15(23)19-10-14-21-22-17(25-14)16(24)20-13-4-2-1-3-5-13/h1-9H,10H2,(H,19,23)(H,20,24). The number of nitrogens with one attached hydrogen (secondary N) is 2. The molecule has 25 heavy (non-hydrogen) atoms. The van der Waals surface area contributed by atoms with Crippen molar-refractivity contribution < 1.29 is 14.0 Å². The highest BCUT2D eigenvalue weighted by molar-refractivity contribution is 7.13. The molecular formula is C17H13FN4O2S. The van der Waals surface area contributed by atoms with Gasteiger partial charge in [-0.15, -0.1) is 10.2 Å². The van der Waals surface area contributed by atoms with Crippen molar-refractivity contribution in [2.75, 3.05) is 5.32 Å². The molecule has 2 amide bonds. The molecule has 0 fully saturated rings. The van der Waals surface area contributed by atoms with Gasteiger partial charge in [0.15, 0.2) is 0 Å². The third-order valence-corrected chi connectivity index (χ3v) is 4.12. The molecule has 0 radical (unpaired) electrons. The highest BCUT2D eigenvalue weighted by Gasteiger charge is 2.14. The van der Waals surface area contributed by atoms with Gasteiger partial charge in [-0.3, -0.25) is 9.59 Å². The van der Waals surface area contributed by atoms with Crippen LogP contribution in [0.4, 0.5) is 10.1 Å². The van der Waals surface area contributed by atoms with Gasteiger partial charge in [-0.2, -0.15) is 0 Å². The van der Waals surface area contributed by atoms with E-state index >= 15 is 0 Å². The summed E-state index contributed by atoms with van der Waals surface area (Å²) in [5, 5.41) is 13.8. The van der Waals surface area contributed by atoms with Gasteiger partial charge in [0, 0.05) is 11.3 Å². The number of para-hydroxylation sites is 1. The van der Waals surface area contributed by atoms with Gasteiger partial charge in [0.25, 0.3) is 11.8 Å². The summed E-state index contributed by atoms with van der Waals surface area (Å²) in [5.74, 6) is -1.12. The molecule has 126 valence electrons. The van der Waals surface area contributed by atoms with Crippen molar-refractivity contribution in [3.05, 3.63) is 76.0 Å². The molecule has 0 spiro atoms. The van der Waals surface area contributed by atoms with E-state index in [0.29, 0.717) is 16.3 Å². The minimum atomic E-state index is -0.408. The smallest absolute Gasteiger partial charge is 0.286 e. The molecule has 8 heteroatoms. The van der Waals surface area contributed by atoms with Crippen LogP contribution in [0.25, 0.3) is 0 Å². The molecule has 2 aromatic carbocycles. The van der Waals surface area contributed by atoms with Gasteiger partial charge in [-0.25, -0.2) is 4.39 Å². The van der Waals surface area contributed by atoms with Crippen LogP contribution in [0.1, 0.15) is 25.2 Å². The fourth-order valence-electron chi connectivity index (χ4n) is 1.98. The van der Waals surface area contributed by atoms with E-state index in [1.807, 2.05) is 18.2 Å². The Balaban J connectivity index is 1.57. The van der Waals surface area contributed by atoms with Crippen LogP contribution in [-0.4, -0.2) is 22.0 Å². The number of aromatic nitrogens is 2. The van der Waals surface area contributed by atoms with Gasteiger partial charge in [-0.05, 0) is 36.4 Å². The fourth-order valence-corrected chi connectivity index (χ4v) is 2.66. The number of anilines is 1. The number of nitrogens with zero attached hydrogens (tertiary/aromatic N) is 2. The number of rotatable bonds is 5. The third-order valence-electron chi connectivity index (χ3n) is 3.20. The van der Waals surface area contributed by atoms with E-state index in [4.69, 9.17) is 0 Å². The Labute approximate surface area is 146 Å². The van der Waals surface area contributed by atoms with E-state index in [1.54, 1.807) is 12.1 Å². The molecule has 0 aliphatic rings. The molecule has 0 atom stereocenters. The van der Waals surface area contributed by atoms with Gasteiger partial charge in [0.1, 0.15) is 10.8 Å². The second kappa shape index (κ2) is 7.63. The van der Waals surface area contributed by atoms with Crippen LogP contribution < -0.4 is 10.6 Å².